The van der Waals surface area contributed by atoms with Gasteiger partial charge >= 0.3 is 12.5 Å². The van der Waals surface area contributed by atoms with Crippen molar-refractivity contribution in [2.75, 3.05) is 7.05 Å². The van der Waals surface area contributed by atoms with Crippen LogP contribution in [0.3, 0.4) is 0 Å². The van der Waals surface area contributed by atoms with E-state index in [1.807, 2.05) is 30.3 Å². The SMILES string of the molecule is C=C(NC)[C@@H](N[C@H](CCc1ccc(C(F)(F)F)cc1)c1cccc(OC(F)(F)F)c1)c1ccccc1. The van der Waals surface area contributed by atoms with E-state index >= 15 is 0 Å². The molecule has 0 spiro atoms. The van der Waals surface area contributed by atoms with Crippen molar-refractivity contribution in [1.29, 1.82) is 0 Å². The minimum atomic E-state index is -4.84. The lowest BCUT2D eigenvalue weighted by Crippen LogP contribution is -2.31. The van der Waals surface area contributed by atoms with Crippen LogP contribution in [0.4, 0.5) is 26.3 Å². The predicted octanol–water partition coefficient (Wildman–Crippen LogP) is 7.34. The molecule has 3 aromatic rings. The van der Waals surface area contributed by atoms with E-state index in [1.165, 1.54) is 30.3 Å². The highest BCUT2D eigenvalue weighted by Gasteiger charge is 2.32. The molecule has 2 N–H and O–H groups in total. The molecule has 3 aromatic carbocycles. The van der Waals surface area contributed by atoms with Crippen LogP contribution in [0.2, 0.25) is 0 Å². The van der Waals surface area contributed by atoms with Crippen molar-refractivity contribution in [3.63, 3.8) is 0 Å². The minimum Gasteiger partial charge on any atom is -0.406 e. The van der Waals surface area contributed by atoms with Gasteiger partial charge in [0, 0.05) is 18.8 Å². The Hall–Kier alpha value is -3.46. The molecule has 0 aromatic heterocycles. The smallest absolute Gasteiger partial charge is 0.406 e. The number of nitrogens with one attached hydrogen (secondary N) is 2. The number of halogens is 6. The van der Waals surface area contributed by atoms with E-state index < -0.39 is 24.1 Å². The van der Waals surface area contributed by atoms with Gasteiger partial charge in [0.15, 0.2) is 0 Å². The summed E-state index contributed by atoms with van der Waals surface area (Å²) < 4.78 is 81.2. The van der Waals surface area contributed by atoms with E-state index in [4.69, 9.17) is 0 Å². The lowest BCUT2D eigenvalue weighted by atomic mass is 9.95. The summed E-state index contributed by atoms with van der Waals surface area (Å²) in [6.07, 6.45) is -8.50. The molecule has 0 unspecified atom stereocenters. The molecule has 0 aliphatic rings. The van der Waals surface area contributed by atoms with Crippen LogP contribution in [0.25, 0.3) is 0 Å². The van der Waals surface area contributed by atoms with Gasteiger partial charge in [-0.2, -0.15) is 13.2 Å². The molecule has 0 aliphatic carbocycles. The van der Waals surface area contributed by atoms with Gasteiger partial charge in [-0.05, 0) is 53.8 Å². The number of ether oxygens (including phenoxy) is 1. The van der Waals surface area contributed by atoms with Crippen molar-refractivity contribution in [3.8, 4) is 5.75 Å². The second kappa shape index (κ2) is 11.5. The molecule has 3 nitrogen and oxygen atoms in total. The molecule has 2 atom stereocenters. The largest absolute Gasteiger partial charge is 0.573 e. The molecule has 0 bridgehead atoms. The highest BCUT2D eigenvalue weighted by atomic mass is 19.4. The molecular weight excluding hydrogens is 482 g/mol. The summed E-state index contributed by atoms with van der Waals surface area (Å²) in [4.78, 5) is 0. The standard InChI is InChI=1S/C27H26F6N2O/c1-18(34-2)25(20-7-4-3-5-8-20)35-24(21-9-6-10-23(17-21)36-27(31,32)33)16-13-19-11-14-22(15-12-19)26(28,29)30/h3-12,14-15,17,24-25,34-35H,1,13,16H2,2H3/t24-,25-/m1/s1. The van der Waals surface area contributed by atoms with E-state index in [1.54, 1.807) is 13.1 Å². The van der Waals surface area contributed by atoms with Crippen molar-refractivity contribution in [3.05, 3.63) is 113 Å². The monoisotopic (exact) mass is 508 g/mol. The molecule has 0 amide bonds. The van der Waals surface area contributed by atoms with Crippen LogP contribution >= 0.6 is 0 Å². The van der Waals surface area contributed by atoms with Gasteiger partial charge in [0.1, 0.15) is 5.75 Å². The molecule has 0 heterocycles. The van der Waals surface area contributed by atoms with Crippen LogP contribution < -0.4 is 15.4 Å². The summed E-state index contributed by atoms with van der Waals surface area (Å²) in [7, 11) is 1.72. The van der Waals surface area contributed by atoms with Gasteiger partial charge < -0.3 is 10.1 Å². The highest BCUT2D eigenvalue weighted by molar-refractivity contribution is 5.33. The molecule has 192 valence electrons. The maximum absolute atomic E-state index is 12.9. The number of alkyl halides is 6. The Kier molecular flexibility index (Phi) is 8.68. The number of benzene rings is 3. The normalized spacial score (nSPS) is 13.6. The van der Waals surface area contributed by atoms with Gasteiger partial charge in [0.25, 0.3) is 0 Å². The molecule has 0 saturated heterocycles. The average molecular weight is 509 g/mol. The molecule has 0 saturated carbocycles. The van der Waals surface area contributed by atoms with Crippen molar-refractivity contribution < 1.29 is 31.1 Å². The zero-order valence-corrected chi connectivity index (χ0v) is 19.5. The predicted molar refractivity (Wildman–Crippen MR) is 126 cm³/mol. The highest BCUT2D eigenvalue weighted by Crippen LogP contribution is 2.32. The zero-order chi connectivity index (χ0) is 26.3. The molecule has 0 aliphatic heterocycles. The summed E-state index contributed by atoms with van der Waals surface area (Å²) in [5.41, 5.74) is 1.99. The number of aryl methyl sites for hydroxylation is 1. The first-order valence-corrected chi connectivity index (χ1v) is 11.2. The van der Waals surface area contributed by atoms with Crippen LogP contribution in [0.5, 0.6) is 5.75 Å². The van der Waals surface area contributed by atoms with Crippen LogP contribution in [0.15, 0.2) is 91.1 Å². The van der Waals surface area contributed by atoms with Gasteiger partial charge in [0.2, 0.25) is 0 Å². The van der Waals surface area contributed by atoms with Crippen LogP contribution in [-0.2, 0) is 12.6 Å². The third-order valence-corrected chi connectivity index (χ3v) is 5.67. The third-order valence-electron chi connectivity index (χ3n) is 5.67. The fourth-order valence-corrected chi connectivity index (χ4v) is 3.84. The molecule has 3 rings (SSSR count). The minimum absolute atomic E-state index is 0.356. The van der Waals surface area contributed by atoms with Crippen molar-refractivity contribution in [1.82, 2.24) is 10.6 Å². The van der Waals surface area contributed by atoms with Gasteiger partial charge in [-0.3, -0.25) is 5.32 Å². The number of hydrogen-bond donors (Lipinski definition) is 2. The number of hydrogen-bond acceptors (Lipinski definition) is 3. The first kappa shape index (κ1) is 27.1. The molecular formula is C27H26F6N2O. The Morgan fingerprint density at radius 2 is 1.50 bits per heavy atom. The van der Waals surface area contributed by atoms with Crippen molar-refractivity contribution in [2.45, 2.75) is 37.5 Å². The second-order valence-electron chi connectivity index (χ2n) is 8.19. The van der Waals surface area contributed by atoms with E-state index in [0.717, 1.165) is 17.7 Å². The van der Waals surface area contributed by atoms with Gasteiger partial charge in [-0.25, -0.2) is 0 Å². The summed E-state index contributed by atoms with van der Waals surface area (Å²) in [6, 6.07) is 19.0. The van der Waals surface area contributed by atoms with Gasteiger partial charge in [-0.15, -0.1) is 13.2 Å². The summed E-state index contributed by atoms with van der Waals surface area (Å²) in [5.74, 6) is -0.356. The van der Waals surface area contributed by atoms with Crippen LogP contribution in [0, 0.1) is 0 Å². The second-order valence-corrected chi connectivity index (χ2v) is 8.19. The molecule has 0 radical (unpaired) electrons. The van der Waals surface area contributed by atoms with Crippen LogP contribution in [-0.4, -0.2) is 13.4 Å². The zero-order valence-electron chi connectivity index (χ0n) is 19.5. The summed E-state index contributed by atoms with van der Waals surface area (Å²) in [6.45, 7) is 4.06. The first-order valence-electron chi connectivity index (χ1n) is 11.2. The summed E-state index contributed by atoms with van der Waals surface area (Å²) >= 11 is 0. The molecule has 9 heteroatoms. The van der Waals surface area contributed by atoms with E-state index in [2.05, 4.69) is 21.9 Å². The van der Waals surface area contributed by atoms with Crippen LogP contribution in [0.1, 0.15) is 40.8 Å². The first-order chi connectivity index (χ1) is 17.0. The Morgan fingerprint density at radius 3 is 2.08 bits per heavy atom. The summed E-state index contributed by atoms with van der Waals surface area (Å²) in [5, 5.41) is 6.47. The average Bonchev–Trinajstić information content (AvgIpc) is 2.83. The van der Waals surface area contributed by atoms with E-state index in [0.29, 0.717) is 29.7 Å². The van der Waals surface area contributed by atoms with Gasteiger partial charge in [-0.1, -0.05) is 61.2 Å². The van der Waals surface area contributed by atoms with Crippen molar-refractivity contribution in [2.24, 2.45) is 0 Å². The molecule has 0 fully saturated rings. The maximum atomic E-state index is 12.9. The lowest BCUT2D eigenvalue weighted by molar-refractivity contribution is -0.274. The topological polar surface area (TPSA) is 33.3 Å². The van der Waals surface area contributed by atoms with Gasteiger partial charge in [0.05, 0.1) is 11.6 Å². The fraction of sp³-hybridized carbons (Fsp3) is 0.259. The Morgan fingerprint density at radius 1 is 0.861 bits per heavy atom. The number of likely N-dealkylation sites (N-methyl/N-ethyl adjacent to an activating group) is 1. The van der Waals surface area contributed by atoms with E-state index in [-0.39, 0.29) is 11.8 Å². The Labute approximate surface area is 205 Å². The van der Waals surface area contributed by atoms with Crippen molar-refractivity contribution >= 4 is 0 Å². The lowest BCUT2D eigenvalue weighted by Gasteiger charge is -2.28. The Balaban J connectivity index is 1.90. The Bertz CT molecular complexity index is 1130. The fourth-order valence-electron chi connectivity index (χ4n) is 3.84. The van der Waals surface area contributed by atoms with E-state index in [9.17, 15) is 26.3 Å². The third kappa shape index (κ3) is 7.78. The molecule has 36 heavy (non-hydrogen) atoms. The quantitative estimate of drug-likeness (QED) is 0.281. The maximum Gasteiger partial charge on any atom is 0.573 e. The number of rotatable bonds is 10.